The van der Waals surface area contributed by atoms with E-state index < -0.39 is 6.04 Å². The van der Waals surface area contributed by atoms with Crippen molar-refractivity contribution in [1.82, 2.24) is 10.2 Å². The van der Waals surface area contributed by atoms with Crippen molar-refractivity contribution in [2.45, 2.75) is 58.5 Å². The van der Waals surface area contributed by atoms with Crippen LogP contribution in [0.3, 0.4) is 0 Å². The van der Waals surface area contributed by atoms with Gasteiger partial charge in [0.05, 0.1) is 0 Å². The molecule has 0 radical (unpaired) electrons. The summed E-state index contributed by atoms with van der Waals surface area (Å²) in [5.41, 5.74) is 4.16. The van der Waals surface area contributed by atoms with Crippen molar-refractivity contribution in [1.29, 1.82) is 0 Å². The maximum atomic E-state index is 13.8. The van der Waals surface area contributed by atoms with Crippen molar-refractivity contribution < 1.29 is 19.1 Å². The van der Waals surface area contributed by atoms with Gasteiger partial charge in [0.15, 0.2) is 11.5 Å². The number of unbranched alkanes of at least 4 members (excludes halogenated alkanes) is 1. The van der Waals surface area contributed by atoms with E-state index in [0.717, 1.165) is 40.8 Å². The molecule has 0 saturated heterocycles. The SMILES string of the molecule is CCCCNC(=O)[C@H](Cc1ccccc1)N(Cc1ccccc1C)C(=O)CCc1ccc2c(c1)OCO2. The average molecular weight is 501 g/mol. The molecule has 37 heavy (non-hydrogen) atoms. The molecule has 1 atom stereocenters. The second-order valence-electron chi connectivity index (χ2n) is 9.49. The number of fused-ring (bicyclic) bond motifs is 1. The van der Waals surface area contributed by atoms with Crippen molar-refractivity contribution in [3.63, 3.8) is 0 Å². The number of benzene rings is 3. The lowest BCUT2D eigenvalue weighted by Gasteiger charge is -2.32. The molecular weight excluding hydrogens is 464 g/mol. The number of amides is 2. The molecule has 0 aliphatic carbocycles. The molecule has 3 aromatic carbocycles. The molecule has 6 heteroatoms. The number of ether oxygens (including phenoxy) is 2. The van der Waals surface area contributed by atoms with Crippen LogP contribution in [0, 0.1) is 6.92 Å². The Morgan fingerprint density at radius 2 is 1.70 bits per heavy atom. The molecule has 1 N–H and O–H groups in total. The van der Waals surface area contributed by atoms with Gasteiger partial charge in [-0.25, -0.2) is 0 Å². The van der Waals surface area contributed by atoms with E-state index in [9.17, 15) is 9.59 Å². The molecule has 1 heterocycles. The summed E-state index contributed by atoms with van der Waals surface area (Å²) < 4.78 is 10.9. The number of carbonyl (C=O) groups excluding carboxylic acids is 2. The largest absolute Gasteiger partial charge is 0.454 e. The van der Waals surface area contributed by atoms with Crippen molar-refractivity contribution >= 4 is 11.8 Å². The van der Waals surface area contributed by atoms with E-state index in [1.165, 1.54) is 0 Å². The van der Waals surface area contributed by atoms with Gasteiger partial charge in [-0.2, -0.15) is 0 Å². The van der Waals surface area contributed by atoms with Gasteiger partial charge in [0, 0.05) is 25.9 Å². The maximum Gasteiger partial charge on any atom is 0.243 e. The fourth-order valence-corrected chi connectivity index (χ4v) is 4.52. The maximum absolute atomic E-state index is 13.8. The lowest BCUT2D eigenvalue weighted by atomic mass is 10.00. The molecule has 4 rings (SSSR count). The lowest BCUT2D eigenvalue weighted by molar-refractivity contribution is -0.141. The summed E-state index contributed by atoms with van der Waals surface area (Å²) >= 11 is 0. The number of carbonyl (C=O) groups is 2. The third-order valence-electron chi connectivity index (χ3n) is 6.77. The van der Waals surface area contributed by atoms with Crippen LogP contribution < -0.4 is 14.8 Å². The van der Waals surface area contributed by atoms with E-state index in [2.05, 4.69) is 12.2 Å². The molecule has 3 aromatic rings. The van der Waals surface area contributed by atoms with E-state index in [-0.39, 0.29) is 18.6 Å². The van der Waals surface area contributed by atoms with Crippen molar-refractivity contribution in [3.8, 4) is 11.5 Å². The molecular formula is C31H36N2O4. The monoisotopic (exact) mass is 500 g/mol. The quantitative estimate of drug-likeness (QED) is 0.347. The summed E-state index contributed by atoms with van der Waals surface area (Å²) in [5.74, 6) is 1.27. The van der Waals surface area contributed by atoms with E-state index in [1.54, 1.807) is 4.90 Å². The van der Waals surface area contributed by atoms with Crippen molar-refractivity contribution in [2.24, 2.45) is 0 Å². The Bertz CT molecular complexity index is 1190. The molecule has 0 bridgehead atoms. The van der Waals surface area contributed by atoms with Gasteiger partial charge in [0.1, 0.15) is 6.04 Å². The summed E-state index contributed by atoms with van der Waals surface area (Å²) in [4.78, 5) is 29.1. The third kappa shape index (κ3) is 7.13. The summed E-state index contributed by atoms with van der Waals surface area (Å²) in [6.45, 7) is 5.33. The highest BCUT2D eigenvalue weighted by Gasteiger charge is 2.30. The number of hydrogen-bond donors (Lipinski definition) is 1. The Morgan fingerprint density at radius 3 is 2.49 bits per heavy atom. The molecule has 1 aliphatic rings. The van der Waals surface area contributed by atoms with Crippen molar-refractivity contribution in [3.05, 3.63) is 95.1 Å². The lowest BCUT2D eigenvalue weighted by Crippen LogP contribution is -2.50. The van der Waals surface area contributed by atoms with Gasteiger partial charge in [0.2, 0.25) is 18.6 Å². The first-order valence-electron chi connectivity index (χ1n) is 13.1. The first kappa shape index (κ1) is 26.3. The molecule has 0 unspecified atom stereocenters. The Balaban J connectivity index is 1.58. The summed E-state index contributed by atoms with van der Waals surface area (Å²) in [6, 6.07) is 23.1. The molecule has 194 valence electrons. The second kappa shape index (κ2) is 12.9. The number of nitrogens with one attached hydrogen (secondary N) is 1. The molecule has 0 saturated carbocycles. The molecule has 6 nitrogen and oxygen atoms in total. The van der Waals surface area contributed by atoms with Gasteiger partial charge in [-0.1, -0.05) is 74.0 Å². The van der Waals surface area contributed by atoms with Crippen LogP contribution in [0.4, 0.5) is 0 Å². The zero-order valence-corrected chi connectivity index (χ0v) is 21.7. The van der Waals surface area contributed by atoms with Crippen LogP contribution in [-0.2, 0) is 29.0 Å². The average Bonchev–Trinajstić information content (AvgIpc) is 3.39. The summed E-state index contributed by atoms with van der Waals surface area (Å²) in [5, 5.41) is 3.08. The van der Waals surface area contributed by atoms with Gasteiger partial charge in [-0.3, -0.25) is 9.59 Å². The van der Waals surface area contributed by atoms with Crippen LogP contribution in [-0.4, -0.2) is 36.1 Å². The first-order chi connectivity index (χ1) is 18.0. The number of nitrogens with zero attached hydrogens (tertiary/aromatic N) is 1. The first-order valence-corrected chi connectivity index (χ1v) is 13.1. The molecule has 0 aromatic heterocycles. The number of aryl methyl sites for hydroxylation is 2. The van der Waals surface area contributed by atoms with E-state index in [0.29, 0.717) is 38.1 Å². The Kier molecular flexibility index (Phi) is 9.19. The van der Waals surface area contributed by atoms with E-state index in [1.807, 2.05) is 79.7 Å². The highest BCUT2D eigenvalue weighted by atomic mass is 16.7. The minimum Gasteiger partial charge on any atom is -0.454 e. The van der Waals surface area contributed by atoms with Crippen LogP contribution in [0.25, 0.3) is 0 Å². The van der Waals surface area contributed by atoms with Crippen molar-refractivity contribution in [2.75, 3.05) is 13.3 Å². The van der Waals surface area contributed by atoms with E-state index >= 15 is 0 Å². The topological polar surface area (TPSA) is 67.9 Å². The summed E-state index contributed by atoms with van der Waals surface area (Å²) in [7, 11) is 0. The van der Waals surface area contributed by atoms with Gasteiger partial charge in [0.25, 0.3) is 0 Å². The molecule has 2 amide bonds. The minimum atomic E-state index is -0.608. The van der Waals surface area contributed by atoms with Gasteiger partial charge in [-0.15, -0.1) is 0 Å². The smallest absolute Gasteiger partial charge is 0.243 e. The zero-order chi connectivity index (χ0) is 26.0. The molecule has 0 spiro atoms. The van der Waals surface area contributed by atoms with Crippen LogP contribution >= 0.6 is 0 Å². The number of hydrogen-bond acceptors (Lipinski definition) is 4. The fraction of sp³-hybridized carbons (Fsp3) is 0.355. The number of rotatable bonds is 12. The van der Waals surface area contributed by atoms with Crippen LogP contribution in [0.2, 0.25) is 0 Å². The van der Waals surface area contributed by atoms with Crippen LogP contribution in [0.5, 0.6) is 11.5 Å². The normalized spacial score (nSPS) is 12.7. The Labute approximate surface area is 219 Å². The van der Waals surface area contributed by atoms with Gasteiger partial charge < -0.3 is 19.7 Å². The Morgan fingerprint density at radius 1 is 0.946 bits per heavy atom. The third-order valence-corrected chi connectivity index (χ3v) is 6.77. The highest BCUT2D eigenvalue weighted by molar-refractivity contribution is 5.88. The van der Waals surface area contributed by atoms with E-state index in [4.69, 9.17) is 9.47 Å². The fourth-order valence-electron chi connectivity index (χ4n) is 4.52. The highest BCUT2D eigenvalue weighted by Crippen LogP contribution is 2.33. The van der Waals surface area contributed by atoms with Gasteiger partial charge in [-0.05, 0) is 54.2 Å². The summed E-state index contributed by atoms with van der Waals surface area (Å²) in [6.07, 6.45) is 3.19. The van der Waals surface area contributed by atoms with Crippen LogP contribution in [0.1, 0.15) is 48.4 Å². The molecule has 0 fully saturated rings. The molecule has 1 aliphatic heterocycles. The standard InChI is InChI=1S/C31H36N2O4/c1-3-4-18-32-31(35)27(19-24-11-6-5-7-12-24)33(21-26-13-9-8-10-23(26)2)30(34)17-15-25-14-16-28-29(20-25)37-22-36-28/h5-14,16,20,27H,3-4,15,17-19,21-22H2,1-2H3,(H,32,35)/t27-/m0/s1. The van der Waals surface area contributed by atoms with Gasteiger partial charge >= 0.3 is 0 Å². The predicted molar refractivity (Wildman–Crippen MR) is 144 cm³/mol. The zero-order valence-electron chi connectivity index (χ0n) is 21.7. The van der Waals surface area contributed by atoms with Crippen LogP contribution in [0.15, 0.2) is 72.8 Å². The second-order valence-corrected chi connectivity index (χ2v) is 9.49. The minimum absolute atomic E-state index is 0.0486. The Hall–Kier alpha value is -3.80. The predicted octanol–water partition coefficient (Wildman–Crippen LogP) is 5.21.